The standard InChI is InChI=1S/C21H23N5O4/c1-14(27)19-17(18(24-30-19)15-4-6-16(29-2)7-5-15)20(28)25-10-12-26(13-11-25)21-22-8-3-9-23-21/h3-9,14,27H,10-13H2,1-2H3. The van der Waals surface area contributed by atoms with Crippen LogP contribution < -0.4 is 9.64 Å². The van der Waals surface area contributed by atoms with Crippen LogP contribution in [0.2, 0.25) is 0 Å². The van der Waals surface area contributed by atoms with Crippen LogP contribution in [-0.2, 0) is 0 Å². The summed E-state index contributed by atoms with van der Waals surface area (Å²) in [6.45, 7) is 3.79. The molecule has 1 N–H and O–H groups in total. The Balaban J connectivity index is 1.58. The van der Waals surface area contributed by atoms with Crippen LogP contribution in [0.4, 0.5) is 5.95 Å². The Morgan fingerprint density at radius 2 is 1.80 bits per heavy atom. The number of anilines is 1. The van der Waals surface area contributed by atoms with Gasteiger partial charge in [-0.15, -0.1) is 0 Å². The van der Waals surface area contributed by atoms with Gasteiger partial charge >= 0.3 is 0 Å². The van der Waals surface area contributed by atoms with Crippen molar-refractivity contribution in [1.29, 1.82) is 0 Å². The number of ether oxygens (including phenoxy) is 1. The minimum absolute atomic E-state index is 0.166. The van der Waals surface area contributed by atoms with Crippen LogP contribution in [0.25, 0.3) is 11.3 Å². The number of hydrogen-bond donors (Lipinski definition) is 1. The first-order valence-corrected chi connectivity index (χ1v) is 9.71. The molecule has 30 heavy (non-hydrogen) atoms. The summed E-state index contributed by atoms with van der Waals surface area (Å²) in [7, 11) is 1.59. The molecule has 9 nitrogen and oxygen atoms in total. The zero-order chi connectivity index (χ0) is 21.1. The van der Waals surface area contributed by atoms with Gasteiger partial charge in [0, 0.05) is 44.1 Å². The molecule has 1 saturated heterocycles. The molecule has 9 heteroatoms. The maximum Gasteiger partial charge on any atom is 0.259 e. The zero-order valence-electron chi connectivity index (χ0n) is 16.9. The minimum Gasteiger partial charge on any atom is -0.497 e. The van der Waals surface area contributed by atoms with Gasteiger partial charge in [0.25, 0.3) is 5.91 Å². The maximum absolute atomic E-state index is 13.4. The van der Waals surface area contributed by atoms with Crippen molar-refractivity contribution in [3.8, 4) is 17.0 Å². The van der Waals surface area contributed by atoms with Crippen LogP contribution in [0.3, 0.4) is 0 Å². The average molecular weight is 409 g/mol. The van der Waals surface area contributed by atoms with E-state index in [4.69, 9.17) is 9.26 Å². The molecule has 1 aromatic carbocycles. The second kappa shape index (κ2) is 8.50. The van der Waals surface area contributed by atoms with Gasteiger partial charge in [-0.3, -0.25) is 4.79 Å². The predicted octanol–water partition coefficient (Wildman–Crippen LogP) is 2.16. The van der Waals surface area contributed by atoms with E-state index in [1.807, 2.05) is 17.0 Å². The van der Waals surface area contributed by atoms with E-state index >= 15 is 0 Å². The van der Waals surface area contributed by atoms with E-state index in [9.17, 15) is 9.90 Å². The fraction of sp³-hybridized carbons (Fsp3) is 0.333. The van der Waals surface area contributed by atoms with Crippen molar-refractivity contribution >= 4 is 11.9 Å². The summed E-state index contributed by atoms with van der Waals surface area (Å²) in [5.74, 6) is 1.30. The number of carbonyl (C=O) groups is 1. The summed E-state index contributed by atoms with van der Waals surface area (Å²) in [4.78, 5) is 25.7. The number of aliphatic hydroxyl groups is 1. The lowest BCUT2D eigenvalue weighted by molar-refractivity contribution is 0.0735. The van der Waals surface area contributed by atoms with Gasteiger partial charge in [-0.05, 0) is 37.3 Å². The van der Waals surface area contributed by atoms with E-state index in [1.54, 1.807) is 49.5 Å². The van der Waals surface area contributed by atoms with Gasteiger partial charge in [-0.2, -0.15) is 0 Å². The van der Waals surface area contributed by atoms with Crippen LogP contribution in [0.15, 0.2) is 47.2 Å². The molecule has 0 radical (unpaired) electrons. The highest BCUT2D eigenvalue weighted by molar-refractivity contribution is 6.01. The number of amides is 1. The lowest BCUT2D eigenvalue weighted by Gasteiger charge is -2.34. The summed E-state index contributed by atoms with van der Waals surface area (Å²) >= 11 is 0. The molecule has 1 unspecified atom stereocenters. The summed E-state index contributed by atoms with van der Waals surface area (Å²) in [6.07, 6.45) is 2.45. The highest BCUT2D eigenvalue weighted by Crippen LogP contribution is 2.31. The first-order valence-electron chi connectivity index (χ1n) is 9.71. The van der Waals surface area contributed by atoms with Crippen molar-refractivity contribution in [1.82, 2.24) is 20.0 Å². The molecule has 1 atom stereocenters. The van der Waals surface area contributed by atoms with Gasteiger partial charge in [0.15, 0.2) is 5.76 Å². The Morgan fingerprint density at radius 3 is 2.40 bits per heavy atom. The molecule has 1 amide bonds. The van der Waals surface area contributed by atoms with Gasteiger partial charge in [0.1, 0.15) is 23.1 Å². The van der Waals surface area contributed by atoms with Gasteiger partial charge < -0.3 is 24.2 Å². The fourth-order valence-electron chi connectivity index (χ4n) is 3.46. The third-order valence-corrected chi connectivity index (χ3v) is 5.08. The van der Waals surface area contributed by atoms with Gasteiger partial charge in [0.05, 0.1) is 7.11 Å². The van der Waals surface area contributed by atoms with Crippen LogP contribution in [0.5, 0.6) is 5.75 Å². The minimum atomic E-state index is -0.956. The summed E-state index contributed by atoms with van der Waals surface area (Å²) in [5.41, 5.74) is 1.41. The quantitative estimate of drug-likeness (QED) is 0.684. The Bertz CT molecular complexity index is 996. The summed E-state index contributed by atoms with van der Waals surface area (Å²) in [5, 5.41) is 14.2. The van der Waals surface area contributed by atoms with Gasteiger partial charge in [-0.25, -0.2) is 9.97 Å². The number of nitrogens with zero attached hydrogens (tertiary/aromatic N) is 5. The molecule has 1 aliphatic heterocycles. The highest BCUT2D eigenvalue weighted by Gasteiger charge is 2.32. The molecule has 156 valence electrons. The molecular formula is C21H23N5O4. The lowest BCUT2D eigenvalue weighted by atomic mass is 10.0. The molecule has 3 aromatic rings. The van der Waals surface area contributed by atoms with Crippen LogP contribution in [0.1, 0.15) is 29.1 Å². The number of piperazine rings is 1. The Morgan fingerprint density at radius 1 is 1.13 bits per heavy atom. The smallest absolute Gasteiger partial charge is 0.259 e. The van der Waals surface area contributed by atoms with Crippen LogP contribution >= 0.6 is 0 Å². The van der Waals surface area contributed by atoms with Crippen molar-refractivity contribution in [2.24, 2.45) is 0 Å². The van der Waals surface area contributed by atoms with E-state index in [0.29, 0.717) is 54.7 Å². The number of carbonyl (C=O) groups excluding carboxylic acids is 1. The second-order valence-corrected chi connectivity index (χ2v) is 7.00. The topological polar surface area (TPSA) is 105 Å². The van der Waals surface area contributed by atoms with Gasteiger partial charge in [0.2, 0.25) is 5.95 Å². The molecule has 0 spiro atoms. The van der Waals surface area contributed by atoms with E-state index in [1.165, 1.54) is 0 Å². The monoisotopic (exact) mass is 409 g/mol. The van der Waals surface area contributed by atoms with Crippen molar-refractivity contribution < 1.29 is 19.2 Å². The summed E-state index contributed by atoms with van der Waals surface area (Å²) < 4.78 is 10.6. The lowest BCUT2D eigenvalue weighted by Crippen LogP contribution is -2.49. The maximum atomic E-state index is 13.4. The average Bonchev–Trinajstić information content (AvgIpc) is 3.25. The Hall–Kier alpha value is -3.46. The second-order valence-electron chi connectivity index (χ2n) is 7.00. The number of rotatable bonds is 5. The zero-order valence-corrected chi connectivity index (χ0v) is 16.9. The summed E-state index contributed by atoms with van der Waals surface area (Å²) in [6, 6.07) is 8.97. The number of aliphatic hydroxyl groups excluding tert-OH is 1. The Labute approximate surface area is 173 Å². The first kappa shape index (κ1) is 19.8. The van der Waals surface area contributed by atoms with Crippen molar-refractivity contribution in [3.63, 3.8) is 0 Å². The molecule has 4 rings (SSSR count). The fourth-order valence-corrected chi connectivity index (χ4v) is 3.46. The van der Waals surface area contributed by atoms with Crippen LogP contribution in [-0.4, -0.2) is 64.3 Å². The van der Waals surface area contributed by atoms with Crippen molar-refractivity contribution in [2.75, 3.05) is 38.2 Å². The molecule has 0 aliphatic carbocycles. The third-order valence-electron chi connectivity index (χ3n) is 5.08. The first-order chi connectivity index (χ1) is 14.6. The molecule has 3 heterocycles. The van der Waals surface area contributed by atoms with Gasteiger partial charge in [-0.1, -0.05) is 5.16 Å². The molecule has 1 aliphatic rings. The highest BCUT2D eigenvalue weighted by atomic mass is 16.5. The van der Waals surface area contributed by atoms with E-state index in [2.05, 4.69) is 15.1 Å². The largest absolute Gasteiger partial charge is 0.497 e. The van der Waals surface area contributed by atoms with Crippen molar-refractivity contribution in [2.45, 2.75) is 13.0 Å². The molecule has 0 saturated carbocycles. The normalized spacial score (nSPS) is 15.2. The number of methoxy groups -OCH3 is 1. The number of hydrogen-bond acceptors (Lipinski definition) is 8. The molecule has 2 aromatic heterocycles. The van der Waals surface area contributed by atoms with Crippen LogP contribution in [0, 0.1) is 0 Å². The molecule has 0 bridgehead atoms. The molecule has 1 fully saturated rings. The molecular weight excluding hydrogens is 386 g/mol. The van der Waals surface area contributed by atoms with E-state index in [-0.39, 0.29) is 11.7 Å². The Kier molecular flexibility index (Phi) is 5.62. The predicted molar refractivity (Wildman–Crippen MR) is 109 cm³/mol. The van der Waals surface area contributed by atoms with Crippen molar-refractivity contribution in [3.05, 3.63) is 54.0 Å². The SMILES string of the molecule is COc1ccc(-c2noc(C(C)O)c2C(=O)N2CCN(c3ncccn3)CC2)cc1. The number of aromatic nitrogens is 3. The van der Waals surface area contributed by atoms with E-state index < -0.39 is 6.10 Å². The third kappa shape index (κ3) is 3.84. The van der Waals surface area contributed by atoms with E-state index in [0.717, 1.165) is 0 Å². The number of benzene rings is 1.